The van der Waals surface area contributed by atoms with Crippen molar-refractivity contribution in [1.29, 1.82) is 0 Å². The van der Waals surface area contributed by atoms with Crippen LogP contribution in [0, 0.1) is 0 Å². The summed E-state index contributed by atoms with van der Waals surface area (Å²) in [4.78, 5) is 0. The molecule has 0 bridgehead atoms. The van der Waals surface area contributed by atoms with Crippen LogP contribution in [0.2, 0.25) is 0 Å². The van der Waals surface area contributed by atoms with Gasteiger partial charge in [0.1, 0.15) is 0 Å². The molecule has 1 unspecified atom stereocenters. The monoisotopic (exact) mass is 249 g/mol. The van der Waals surface area contributed by atoms with Crippen LogP contribution in [0.15, 0.2) is 66.7 Å². The molecule has 0 saturated carbocycles. The highest BCUT2D eigenvalue weighted by Crippen LogP contribution is 2.42. The maximum absolute atomic E-state index is 5.82. The van der Waals surface area contributed by atoms with Gasteiger partial charge in [-0.2, -0.15) is 0 Å². The third-order valence-electron chi connectivity index (χ3n) is 4.16. The molecule has 1 atom stereocenters. The SMILES string of the molecule is Nc1ccc(C2(c3ccccc3)CC=CCC2)cc1. The lowest BCUT2D eigenvalue weighted by atomic mass is 9.67. The Hall–Kier alpha value is -2.02. The molecule has 1 aliphatic carbocycles. The van der Waals surface area contributed by atoms with E-state index in [2.05, 4.69) is 54.6 Å². The highest BCUT2D eigenvalue weighted by atomic mass is 14.5. The second kappa shape index (κ2) is 4.93. The number of benzene rings is 2. The van der Waals surface area contributed by atoms with Crippen molar-refractivity contribution >= 4 is 5.69 Å². The predicted octanol–water partition coefficient (Wildman–Crippen LogP) is 4.30. The molecule has 1 heteroatoms. The fourth-order valence-electron chi connectivity index (χ4n) is 3.08. The molecule has 1 aliphatic rings. The van der Waals surface area contributed by atoms with Gasteiger partial charge in [-0.25, -0.2) is 0 Å². The molecule has 96 valence electrons. The summed E-state index contributed by atoms with van der Waals surface area (Å²) in [6, 6.07) is 19.2. The van der Waals surface area contributed by atoms with Gasteiger partial charge >= 0.3 is 0 Å². The van der Waals surface area contributed by atoms with Gasteiger partial charge in [0.05, 0.1) is 0 Å². The largest absolute Gasteiger partial charge is 0.399 e. The number of hydrogen-bond donors (Lipinski definition) is 1. The average molecular weight is 249 g/mol. The summed E-state index contributed by atoms with van der Waals surface area (Å²) in [6.07, 6.45) is 7.98. The van der Waals surface area contributed by atoms with Gasteiger partial charge < -0.3 is 5.73 Å². The zero-order valence-electron chi connectivity index (χ0n) is 11.0. The standard InChI is InChI=1S/C18H19N/c19-17-11-9-16(10-12-17)18(13-5-2-6-14-18)15-7-3-1-4-8-15/h1-5,7-12H,6,13-14,19H2. The Balaban J connectivity index is 2.12. The van der Waals surface area contributed by atoms with Crippen molar-refractivity contribution < 1.29 is 0 Å². The summed E-state index contributed by atoms with van der Waals surface area (Å²) >= 11 is 0. The van der Waals surface area contributed by atoms with Gasteiger partial charge in [-0.05, 0) is 42.5 Å². The van der Waals surface area contributed by atoms with Crippen LogP contribution in [0.3, 0.4) is 0 Å². The highest BCUT2D eigenvalue weighted by molar-refractivity contribution is 5.46. The molecule has 0 fully saturated rings. The number of rotatable bonds is 2. The molecule has 3 rings (SSSR count). The molecular formula is C18H19N. The molecule has 0 heterocycles. The summed E-state index contributed by atoms with van der Waals surface area (Å²) in [5.41, 5.74) is 9.55. The van der Waals surface area contributed by atoms with E-state index in [1.165, 1.54) is 11.1 Å². The number of nitrogens with two attached hydrogens (primary N) is 1. The Morgan fingerprint density at radius 3 is 2.11 bits per heavy atom. The first kappa shape index (κ1) is 12.0. The van der Waals surface area contributed by atoms with Crippen molar-refractivity contribution in [3.8, 4) is 0 Å². The normalized spacial score (nSPS) is 22.3. The van der Waals surface area contributed by atoms with Gasteiger partial charge in [0, 0.05) is 11.1 Å². The van der Waals surface area contributed by atoms with E-state index in [0.717, 1.165) is 24.9 Å². The number of hydrogen-bond acceptors (Lipinski definition) is 1. The van der Waals surface area contributed by atoms with Gasteiger partial charge in [-0.1, -0.05) is 54.6 Å². The predicted molar refractivity (Wildman–Crippen MR) is 81.1 cm³/mol. The number of allylic oxidation sites excluding steroid dienone is 2. The highest BCUT2D eigenvalue weighted by Gasteiger charge is 2.33. The third kappa shape index (κ3) is 2.17. The fraction of sp³-hybridized carbons (Fsp3) is 0.222. The fourth-order valence-corrected chi connectivity index (χ4v) is 3.08. The summed E-state index contributed by atoms with van der Waals surface area (Å²) in [6.45, 7) is 0. The van der Waals surface area contributed by atoms with Gasteiger partial charge in [0.2, 0.25) is 0 Å². The van der Waals surface area contributed by atoms with Crippen LogP contribution in [0.25, 0.3) is 0 Å². The van der Waals surface area contributed by atoms with Crippen LogP contribution < -0.4 is 5.73 Å². The second-order valence-electron chi connectivity index (χ2n) is 5.28. The topological polar surface area (TPSA) is 26.0 Å². The van der Waals surface area contributed by atoms with E-state index in [-0.39, 0.29) is 5.41 Å². The van der Waals surface area contributed by atoms with Crippen molar-refractivity contribution in [3.05, 3.63) is 77.9 Å². The smallest absolute Gasteiger partial charge is 0.0314 e. The van der Waals surface area contributed by atoms with Crippen LogP contribution in [-0.4, -0.2) is 0 Å². The molecule has 1 nitrogen and oxygen atoms in total. The van der Waals surface area contributed by atoms with Crippen LogP contribution in [0.4, 0.5) is 5.69 Å². The van der Waals surface area contributed by atoms with Crippen LogP contribution in [0.1, 0.15) is 30.4 Å². The van der Waals surface area contributed by atoms with E-state index in [4.69, 9.17) is 5.73 Å². The Labute approximate surface area is 114 Å². The molecular weight excluding hydrogens is 230 g/mol. The molecule has 0 aliphatic heterocycles. The average Bonchev–Trinajstić information content (AvgIpc) is 2.49. The molecule has 0 spiro atoms. The van der Waals surface area contributed by atoms with E-state index in [0.29, 0.717) is 0 Å². The van der Waals surface area contributed by atoms with Gasteiger partial charge in [-0.3, -0.25) is 0 Å². The first-order valence-corrected chi connectivity index (χ1v) is 6.88. The molecule has 0 saturated heterocycles. The summed E-state index contributed by atoms with van der Waals surface area (Å²) < 4.78 is 0. The lowest BCUT2D eigenvalue weighted by Gasteiger charge is -2.36. The second-order valence-corrected chi connectivity index (χ2v) is 5.28. The Bertz CT molecular complexity index is 568. The molecule has 0 amide bonds. The van der Waals surface area contributed by atoms with Crippen molar-refractivity contribution in [2.45, 2.75) is 24.7 Å². The maximum Gasteiger partial charge on any atom is 0.0314 e. The Morgan fingerprint density at radius 1 is 0.789 bits per heavy atom. The molecule has 2 aromatic rings. The van der Waals surface area contributed by atoms with E-state index in [9.17, 15) is 0 Å². The summed E-state index contributed by atoms with van der Waals surface area (Å²) in [7, 11) is 0. The zero-order chi connectivity index (χ0) is 13.1. The summed E-state index contributed by atoms with van der Waals surface area (Å²) in [5, 5.41) is 0. The van der Waals surface area contributed by atoms with Crippen molar-refractivity contribution in [3.63, 3.8) is 0 Å². The first-order chi connectivity index (χ1) is 9.31. The van der Waals surface area contributed by atoms with Crippen LogP contribution in [0.5, 0.6) is 0 Å². The molecule has 2 aromatic carbocycles. The Morgan fingerprint density at radius 2 is 1.47 bits per heavy atom. The van der Waals surface area contributed by atoms with E-state index in [1.807, 2.05) is 12.1 Å². The minimum Gasteiger partial charge on any atom is -0.399 e. The van der Waals surface area contributed by atoms with Crippen molar-refractivity contribution in [2.24, 2.45) is 0 Å². The molecule has 19 heavy (non-hydrogen) atoms. The van der Waals surface area contributed by atoms with E-state index >= 15 is 0 Å². The minimum absolute atomic E-state index is 0.115. The van der Waals surface area contributed by atoms with E-state index < -0.39 is 0 Å². The van der Waals surface area contributed by atoms with Gasteiger partial charge in [-0.15, -0.1) is 0 Å². The van der Waals surface area contributed by atoms with Gasteiger partial charge in [0.15, 0.2) is 0 Å². The van der Waals surface area contributed by atoms with Crippen LogP contribution >= 0.6 is 0 Å². The summed E-state index contributed by atoms with van der Waals surface area (Å²) in [5.74, 6) is 0. The Kier molecular flexibility index (Phi) is 3.12. The molecule has 2 N–H and O–H groups in total. The number of anilines is 1. The minimum atomic E-state index is 0.115. The quantitative estimate of drug-likeness (QED) is 0.623. The molecule has 0 aromatic heterocycles. The zero-order valence-corrected chi connectivity index (χ0v) is 11.0. The first-order valence-electron chi connectivity index (χ1n) is 6.88. The lowest BCUT2D eigenvalue weighted by Crippen LogP contribution is -2.28. The number of nitrogen functional groups attached to an aromatic ring is 1. The maximum atomic E-state index is 5.82. The lowest BCUT2D eigenvalue weighted by molar-refractivity contribution is 0.465. The van der Waals surface area contributed by atoms with Crippen molar-refractivity contribution in [2.75, 3.05) is 5.73 Å². The van der Waals surface area contributed by atoms with Gasteiger partial charge in [0.25, 0.3) is 0 Å². The van der Waals surface area contributed by atoms with Crippen molar-refractivity contribution in [1.82, 2.24) is 0 Å². The molecule has 0 radical (unpaired) electrons. The third-order valence-corrected chi connectivity index (χ3v) is 4.16. The van der Waals surface area contributed by atoms with E-state index in [1.54, 1.807) is 0 Å². The van der Waals surface area contributed by atoms with Crippen LogP contribution in [-0.2, 0) is 5.41 Å².